The van der Waals surface area contributed by atoms with Crippen molar-refractivity contribution in [1.29, 1.82) is 0 Å². The smallest absolute Gasteiger partial charge is 0.225 e. The van der Waals surface area contributed by atoms with Crippen molar-refractivity contribution in [2.24, 2.45) is 46.8 Å². The average molecular weight is 977 g/mol. The zero-order valence-corrected chi connectivity index (χ0v) is 41.0. The standard InChI is InChI=1S/C50H68N6O10S2/c1-28(2)37-24-45(61)40(11-7-8-18-51)54-48(64)29(3)19-44(60)41(22-31-13-16-36(58)17-14-31)55-49(65)35(23-43(59)39(52)21-32-12-15-33-9-5-6-10-34(33)20-32)26-67-68-27-42(56-50(37)66)46(62)25-38(30(4)57)47(53)63/h5-6,9-10,12-17,20,28-30,35,37-42,57-58H,7-8,11,18-19,21-27,51-52H2,1-4H3,(H2,53,63)(H,54,64)(H,55,65)(H,56,66)/t29-,30?,35-,37-,38-,39+,40-,41-,42-/m0/s1. The third-order valence-corrected chi connectivity index (χ3v) is 14.9. The Morgan fingerprint density at radius 1 is 0.779 bits per heavy atom. The van der Waals surface area contributed by atoms with Crippen LogP contribution in [0.2, 0.25) is 0 Å². The van der Waals surface area contributed by atoms with Crippen molar-refractivity contribution in [3.8, 4) is 5.75 Å². The number of amides is 4. The van der Waals surface area contributed by atoms with Crippen LogP contribution >= 0.6 is 21.6 Å². The first kappa shape index (κ1) is 55.5. The van der Waals surface area contributed by atoms with Gasteiger partial charge in [-0.15, -0.1) is 0 Å². The van der Waals surface area contributed by atoms with Gasteiger partial charge in [0.2, 0.25) is 23.6 Å². The Labute approximate surface area is 406 Å². The molecule has 1 aliphatic rings. The molecule has 11 N–H and O–H groups in total. The van der Waals surface area contributed by atoms with Crippen LogP contribution < -0.4 is 33.2 Å². The minimum atomic E-state index is -1.27. The topological polar surface area (TPSA) is 291 Å². The van der Waals surface area contributed by atoms with Gasteiger partial charge in [0.15, 0.2) is 23.1 Å². The molecule has 18 heteroatoms. The zero-order valence-electron chi connectivity index (χ0n) is 39.3. The Hall–Kier alpha value is -5.14. The number of carbonyl (C=O) groups excluding carboxylic acids is 8. The van der Waals surface area contributed by atoms with E-state index in [1.807, 2.05) is 42.5 Å². The van der Waals surface area contributed by atoms with E-state index in [4.69, 9.17) is 17.2 Å². The number of aliphatic hydroxyl groups is 1. The summed E-state index contributed by atoms with van der Waals surface area (Å²) >= 11 is 0. The summed E-state index contributed by atoms with van der Waals surface area (Å²) in [4.78, 5) is 111. The van der Waals surface area contributed by atoms with Crippen LogP contribution in [0.4, 0.5) is 0 Å². The molecule has 9 atom stereocenters. The Morgan fingerprint density at radius 3 is 2.06 bits per heavy atom. The highest BCUT2D eigenvalue weighted by Crippen LogP contribution is 2.29. The molecule has 1 unspecified atom stereocenters. The monoisotopic (exact) mass is 976 g/mol. The van der Waals surface area contributed by atoms with E-state index >= 15 is 0 Å². The number of ketones is 4. The number of carbonyl (C=O) groups is 8. The van der Waals surface area contributed by atoms with Crippen molar-refractivity contribution in [2.75, 3.05) is 18.1 Å². The Morgan fingerprint density at radius 2 is 1.41 bits per heavy atom. The molecule has 1 heterocycles. The van der Waals surface area contributed by atoms with Gasteiger partial charge < -0.3 is 43.4 Å². The number of fused-ring (bicyclic) bond motifs is 1. The summed E-state index contributed by atoms with van der Waals surface area (Å²) in [6.45, 7) is 6.70. The van der Waals surface area contributed by atoms with Gasteiger partial charge in [0.05, 0.1) is 42.1 Å². The van der Waals surface area contributed by atoms with Gasteiger partial charge in [0.1, 0.15) is 5.75 Å². The normalized spacial score (nSPS) is 23.2. The fourth-order valence-corrected chi connectivity index (χ4v) is 10.5. The molecule has 370 valence electrons. The number of Topliss-reactive ketones (excluding diaryl/α,β-unsaturated/α-hetero) is 4. The van der Waals surface area contributed by atoms with Crippen molar-refractivity contribution < 1.29 is 48.6 Å². The molecule has 16 nitrogen and oxygen atoms in total. The third-order valence-electron chi connectivity index (χ3n) is 12.4. The van der Waals surface area contributed by atoms with E-state index in [1.54, 1.807) is 26.0 Å². The molecule has 4 amide bonds. The van der Waals surface area contributed by atoms with Crippen LogP contribution in [0, 0.1) is 29.6 Å². The van der Waals surface area contributed by atoms with Crippen LogP contribution in [-0.2, 0) is 51.2 Å². The van der Waals surface area contributed by atoms with Crippen molar-refractivity contribution in [2.45, 2.75) is 116 Å². The lowest BCUT2D eigenvalue weighted by Gasteiger charge is -2.27. The maximum Gasteiger partial charge on any atom is 0.225 e. The number of phenolic OH excluding ortho intramolecular Hbond substituents is 1. The largest absolute Gasteiger partial charge is 0.508 e. The molecule has 0 aliphatic carbocycles. The summed E-state index contributed by atoms with van der Waals surface area (Å²) in [5, 5.41) is 30.7. The molecule has 0 saturated carbocycles. The number of aromatic hydroxyl groups is 1. The highest BCUT2D eigenvalue weighted by molar-refractivity contribution is 8.76. The molecular formula is C50H68N6O10S2. The van der Waals surface area contributed by atoms with E-state index in [9.17, 15) is 48.6 Å². The van der Waals surface area contributed by atoms with Crippen LogP contribution in [0.1, 0.15) is 83.8 Å². The van der Waals surface area contributed by atoms with Crippen LogP contribution in [0.15, 0.2) is 66.7 Å². The number of benzene rings is 3. The second-order valence-corrected chi connectivity index (χ2v) is 20.8. The van der Waals surface area contributed by atoms with Crippen molar-refractivity contribution in [1.82, 2.24) is 16.0 Å². The lowest BCUT2D eigenvalue weighted by molar-refractivity contribution is -0.136. The SMILES string of the molecule is CC(C)[C@@H]1CC(=O)[C@H](CCCCN)NC(=O)[C@@H](C)CC(=O)[C@H](Cc2ccc(O)cc2)NC(=O)[C@@H](CC(=O)[C@H](N)Cc2ccc3ccccc3c2)CSSC[C@@H](C(=O)C[C@H](C(N)=O)C(C)O)NC1=O. The van der Waals surface area contributed by atoms with Gasteiger partial charge in [0.25, 0.3) is 0 Å². The van der Waals surface area contributed by atoms with Crippen molar-refractivity contribution >= 4 is 79.1 Å². The van der Waals surface area contributed by atoms with Gasteiger partial charge in [-0.3, -0.25) is 38.4 Å². The van der Waals surface area contributed by atoms with Gasteiger partial charge in [0, 0.05) is 49.0 Å². The molecule has 0 spiro atoms. The molecule has 4 rings (SSSR count). The van der Waals surface area contributed by atoms with E-state index < -0.39 is 113 Å². The number of hydrogen-bond acceptors (Lipinski definition) is 14. The highest BCUT2D eigenvalue weighted by Gasteiger charge is 2.36. The lowest BCUT2D eigenvalue weighted by Crippen LogP contribution is -2.50. The third kappa shape index (κ3) is 17.1. The van der Waals surface area contributed by atoms with Gasteiger partial charge in [-0.2, -0.15) is 0 Å². The number of phenols is 1. The molecule has 1 saturated heterocycles. The van der Waals surface area contributed by atoms with Crippen LogP contribution in [0.25, 0.3) is 10.8 Å². The second kappa shape index (κ2) is 27.2. The quantitative estimate of drug-likeness (QED) is 0.0710. The first-order valence-electron chi connectivity index (χ1n) is 23.2. The van der Waals surface area contributed by atoms with Crippen LogP contribution in [-0.4, -0.2) is 105 Å². The fraction of sp³-hybridized carbons (Fsp3) is 0.520. The number of aliphatic hydroxyl groups excluding tert-OH is 1. The lowest BCUT2D eigenvalue weighted by atomic mass is 9.86. The van der Waals surface area contributed by atoms with E-state index in [0.29, 0.717) is 24.9 Å². The molecular weight excluding hydrogens is 909 g/mol. The molecule has 3 aromatic carbocycles. The number of rotatable bonds is 17. The number of nitrogens with two attached hydrogens (primary N) is 3. The Balaban J connectivity index is 1.72. The van der Waals surface area contributed by atoms with E-state index in [2.05, 4.69) is 16.0 Å². The average Bonchev–Trinajstić information content (AvgIpc) is 3.29. The number of hydrogen-bond donors (Lipinski definition) is 8. The van der Waals surface area contributed by atoms with Gasteiger partial charge in [-0.25, -0.2) is 0 Å². The molecule has 0 aromatic heterocycles. The summed E-state index contributed by atoms with van der Waals surface area (Å²) in [6, 6.07) is 15.2. The fourth-order valence-electron chi connectivity index (χ4n) is 8.01. The Bertz CT molecular complexity index is 2240. The highest BCUT2D eigenvalue weighted by atomic mass is 33.1. The predicted octanol–water partition coefficient (Wildman–Crippen LogP) is 3.48. The molecule has 1 aliphatic heterocycles. The maximum atomic E-state index is 14.4. The number of primary amides is 1. The van der Waals surface area contributed by atoms with Crippen molar-refractivity contribution in [3.63, 3.8) is 0 Å². The summed E-state index contributed by atoms with van der Waals surface area (Å²) in [6.07, 6.45) is -1.25. The molecule has 0 bridgehead atoms. The number of unbranched alkanes of at least 4 members (excludes halogenated alkanes) is 1. The molecule has 1 fully saturated rings. The summed E-state index contributed by atoms with van der Waals surface area (Å²) < 4.78 is 0. The van der Waals surface area contributed by atoms with Gasteiger partial charge >= 0.3 is 0 Å². The van der Waals surface area contributed by atoms with Gasteiger partial charge in [-0.1, -0.05) is 97.0 Å². The van der Waals surface area contributed by atoms with Crippen LogP contribution in [0.5, 0.6) is 5.75 Å². The minimum Gasteiger partial charge on any atom is -0.508 e. The van der Waals surface area contributed by atoms with Gasteiger partial charge in [-0.05, 0) is 85.5 Å². The first-order chi connectivity index (χ1) is 32.3. The van der Waals surface area contributed by atoms with E-state index in [1.165, 1.54) is 26.0 Å². The Kier molecular flexibility index (Phi) is 22.1. The molecule has 3 aromatic rings. The zero-order chi connectivity index (χ0) is 50.1. The minimum absolute atomic E-state index is 0.00632. The predicted molar refractivity (Wildman–Crippen MR) is 265 cm³/mol. The summed E-state index contributed by atoms with van der Waals surface area (Å²) in [7, 11) is 2.26. The summed E-state index contributed by atoms with van der Waals surface area (Å²) in [5.74, 6) is -9.40. The van der Waals surface area contributed by atoms with E-state index in [0.717, 1.165) is 37.9 Å². The molecule has 68 heavy (non-hydrogen) atoms. The molecule has 0 radical (unpaired) electrons. The first-order valence-corrected chi connectivity index (χ1v) is 25.7. The van der Waals surface area contributed by atoms with E-state index in [-0.39, 0.29) is 55.8 Å². The van der Waals surface area contributed by atoms with Crippen LogP contribution in [0.3, 0.4) is 0 Å². The maximum absolute atomic E-state index is 14.4. The van der Waals surface area contributed by atoms with Crippen molar-refractivity contribution in [3.05, 3.63) is 77.9 Å². The number of nitrogens with one attached hydrogen (secondary N) is 3. The second-order valence-electron chi connectivity index (χ2n) is 18.3. The summed E-state index contributed by atoms with van der Waals surface area (Å²) in [5.41, 5.74) is 19.2.